The Balaban J connectivity index is 0. The molecule has 0 aliphatic heterocycles. The maximum Gasteiger partial charge on any atom is 0.0430 e. The smallest absolute Gasteiger partial charge is 0.0430 e. The highest BCUT2D eigenvalue weighted by Gasteiger charge is 1.70. The molecule has 0 saturated carbocycles. The summed E-state index contributed by atoms with van der Waals surface area (Å²) in [6, 6.07) is 0. The number of aliphatic hydroxyl groups is 1. The molecule has 1 N–H and O–H groups in total. The van der Waals surface area contributed by atoms with Crippen LogP contribution in [0.1, 0.15) is 39.5 Å². The zero-order chi connectivity index (χ0) is 8.24. The van der Waals surface area contributed by atoms with E-state index in [0.29, 0.717) is 6.61 Å². The van der Waals surface area contributed by atoms with Gasteiger partial charge in [-0.05, 0) is 12.8 Å². The van der Waals surface area contributed by atoms with Gasteiger partial charge in [0.25, 0.3) is 0 Å². The quantitative estimate of drug-likeness (QED) is 0.637. The van der Waals surface area contributed by atoms with Gasteiger partial charge in [-0.15, -0.1) is 11.6 Å². The number of unbranched alkanes of at least 4 members (excludes halogenated alkanes) is 2. The highest BCUT2D eigenvalue weighted by molar-refractivity contribution is 6.17. The fraction of sp³-hybridized carbons (Fsp3) is 1.00. The van der Waals surface area contributed by atoms with Crippen LogP contribution in [0.3, 0.4) is 0 Å². The molecule has 0 aliphatic rings. The van der Waals surface area contributed by atoms with Crippen LogP contribution in [0.2, 0.25) is 0 Å². The molecule has 0 rings (SSSR count). The highest BCUT2D eigenvalue weighted by Crippen LogP contribution is 1.86. The van der Waals surface area contributed by atoms with Crippen LogP contribution < -0.4 is 0 Å². The van der Waals surface area contributed by atoms with Gasteiger partial charge in [0, 0.05) is 12.5 Å². The second-order valence-corrected chi connectivity index (χ2v) is 2.50. The number of hydrogen-bond donors (Lipinski definition) is 1. The average molecular weight is 167 g/mol. The summed E-state index contributed by atoms with van der Waals surface area (Å²) >= 11 is 5.30. The molecule has 2 heteroatoms. The fourth-order valence-electron chi connectivity index (χ4n) is 0.292. The van der Waals surface area contributed by atoms with Crippen molar-refractivity contribution in [1.82, 2.24) is 0 Å². The van der Waals surface area contributed by atoms with Crippen LogP contribution in [0, 0.1) is 0 Å². The van der Waals surface area contributed by atoms with Crippen LogP contribution in [0.4, 0.5) is 0 Å². The van der Waals surface area contributed by atoms with E-state index in [1.165, 1.54) is 6.42 Å². The second-order valence-electron chi connectivity index (χ2n) is 2.12. The molecule has 64 valence electrons. The van der Waals surface area contributed by atoms with E-state index in [9.17, 15) is 0 Å². The highest BCUT2D eigenvalue weighted by atomic mass is 35.5. The molecule has 0 aliphatic carbocycles. The van der Waals surface area contributed by atoms with Gasteiger partial charge in [-0.25, -0.2) is 0 Å². The lowest BCUT2D eigenvalue weighted by molar-refractivity contribution is 0.287. The van der Waals surface area contributed by atoms with E-state index in [1.807, 2.05) is 0 Å². The lowest BCUT2D eigenvalue weighted by atomic mass is 10.4. The maximum absolute atomic E-state index is 8.07. The Labute approximate surface area is 69.4 Å². The molecular weight excluding hydrogens is 148 g/mol. The third-order valence-corrected chi connectivity index (χ3v) is 1.27. The van der Waals surface area contributed by atoms with Gasteiger partial charge in [0.2, 0.25) is 0 Å². The van der Waals surface area contributed by atoms with E-state index >= 15 is 0 Å². The van der Waals surface area contributed by atoms with Gasteiger partial charge in [0.15, 0.2) is 0 Å². The molecule has 0 atom stereocenters. The molecule has 1 nitrogen and oxygen atoms in total. The predicted molar refractivity (Wildman–Crippen MR) is 47.6 cm³/mol. The lowest BCUT2D eigenvalue weighted by Gasteiger charge is -1.79. The summed E-state index contributed by atoms with van der Waals surface area (Å²) in [5.74, 6) is 0.816. The third-order valence-electron chi connectivity index (χ3n) is 0.999. The molecular formula is C8H19ClO. The van der Waals surface area contributed by atoms with Crippen LogP contribution in [0.25, 0.3) is 0 Å². The molecule has 0 heterocycles. The van der Waals surface area contributed by atoms with E-state index < -0.39 is 0 Å². The topological polar surface area (TPSA) is 20.2 Å². The Kier molecular flexibility index (Phi) is 20.8. The van der Waals surface area contributed by atoms with Crippen molar-refractivity contribution in [3.05, 3.63) is 0 Å². The molecule has 0 saturated heterocycles. The maximum atomic E-state index is 8.07. The molecule has 0 fully saturated rings. The van der Waals surface area contributed by atoms with E-state index in [4.69, 9.17) is 16.7 Å². The predicted octanol–water partition coefficient (Wildman–Crippen LogP) is 2.80. The standard InChI is InChI=1S/C4H9Cl.C4H10O/c2*1-2-3-4-5/h2-4H2,1H3;5H,2-4H2,1H3. The molecule has 0 spiro atoms. The van der Waals surface area contributed by atoms with Gasteiger partial charge in [0.05, 0.1) is 0 Å². The number of halogens is 1. The van der Waals surface area contributed by atoms with E-state index in [0.717, 1.165) is 25.1 Å². The van der Waals surface area contributed by atoms with E-state index in [1.54, 1.807) is 0 Å². The van der Waals surface area contributed by atoms with Crippen LogP contribution in [0.15, 0.2) is 0 Å². The SMILES string of the molecule is CCCCCl.CCCCO. The van der Waals surface area contributed by atoms with Gasteiger partial charge in [0.1, 0.15) is 0 Å². The fourth-order valence-corrected chi connectivity index (χ4v) is 0.559. The molecule has 0 radical (unpaired) electrons. The van der Waals surface area contributed by atoms with Gasteiger partial charge < -0.3 is 5.11 Å². The Hall–Kier alpha value is 0.250. The number of rotatable bonds is 4. The molecule has 0 amide bonds. The Morgan fingerprint density at radius 3 is 1.60 bits per heavy atom. The van der Waals surface area contributed by atoms with Gasteiger partial charge in [-0.3, -0.25) is 0 Å². The summed E-state index contributed by atoms with van der Waals surface area (Å²) in [7, 11) is 0. The van der Waals surface area contributed by atoms with Crippen molar-refractivity contribution < 1.29 is 5.11 Å². The first-order valence-corrected chi connectivity index (χ1v) is 4.53. The Bertz CT molecular complexity index is 30.2. The van der Waals surface area contributed by atoms with Gasteiger partial charge in [-0.2, -0.15) is 0 Å². The zero-order valence-electron chi connectivity index (χ0n) is 7.07. The molecule has 0 unspecified atom stereocenters. The summed E-state index contributed by atoms with van der Waals surface area (Å²) in [6.07, 6.45) is 4.40. The van der Waals surface area contributed by atoms with Crippen LogP contribution in [0.5, 0.6) is 0 Å². The first-order valence-electron chi connectivity index (χ1n) is 4.00. The number of aliphatic hydroxyl groups excluding tert-OH is 1. The summed E-state index contributed by atoms with van der Waals surface area (Å²) in [5.41, 5.74) is 0. The molecule has 0 aromatic carbocycles. The van der Waals surface area contributed by atoms with Crippen molar-refractivity contribution in [2.24, 2.45) is 0 Å². The van der Waals surface area contributed by atoms with Crippen LogP contribution in [-0.2, 0) is 0 Å². The molecule has 0 aromatic heterocycles. The zero-order valence-corrected chi connectivity index (χ0v) is 7.82. The van der Waals surface area contributed by atoms with Crippen molar-refractivity contribution in [1.29, 1.82) is 0 Å². The largest absolute Gasteiger partial charge is 0.396 e. The average Bonchev–Trinajstić information content (AvgIpc) is 1.93. The molecule has 0 bridgehead atoms. The Morgan fingerprint density at radius 2 is 1.60 bits per heavy atom. The minimum absolute atomic E-state index is 0.344. The first kappa shape index (κ1) is 12.9. The number of alkyl halides is 1. The second kappa shape index (κ2) is 16.1. The normalized spacial score (nSPS) is 8.40. The summed E-state index contributed by atoms with van der Waals surface area (Å²) < 4.78 is 0. The van der Waals surface area contributed by atoms with Crippen molar-refractivity contribution in [2.75, 3.05) is 12.5 Å². The lowest BCUT2D eigenvalue weighted by Crippen LogP contribution is -1.75. The third kappa shape index (κ3) is 24.0. The Morgan fingerprint density at radius 1 is 1.10 bits per heavy atom. The van der Waals surface area contributed by atoms with E-state index in [-0.39, 0.29) is 0 Å². The van der Waals surface area contributed by atoms with Crippen LogP contribution in [-0.4, -0.2) is 17.6 Å². The minimum atomic E-state index is 0.344. The summed E-state index contributed by atoms with van der Waals surface area (Å²) in [6.45, 7) is 4.52. The van der Waals surface area contributed by atoms with Gasteiger partial charge >= 0.3 is 0 Å². The minimum Gasteiger partial charge on any atom is -0.396 e. The van der Waals surface area contributed by atoms with Crippen molar-refractivity contribution >= 4 is 11.6 Å². The first-order chi connectivity index (χ1) is 4.83. The monoisotopic (exact) mass is 166 g/mol. The molecule has 0 aromatic rings. The number of hydrogen-bond acceptors (Lipinski definition) is 1. The van der Waals surface area contributed by atoms with Crippen molar-refractivity contribution in [2.45, 2.75) is 39.5 Å². The van der Waals surface area contributed by atoms with Gasteiger partial charge in [-0.1, -0.05) is 26.7 Å². The molecule has 10 heavy (non-hydrogen) atoms. The van der Waals surface area contributed by atoms with Crippen molar-refractivity contribution in [3.63, 3.8) is 0 Å². The summed E-state index contributed by atoms with van der Waals surface area (Å²) in [5, 5.41) is 8.07. The summed E-state index contributed by atoms with van der Waals surface area (Å²) in [4.78, 5) is 0. The van der Waals surface area contributed by atoms with Crippen LogP contribution >= 0.6 is 11.6 Å². The van der Waals surface area contributed by atoms with E-state index in [2.05, 4.69) is 13.8 Å². The van der Waals surface area contributed by atoms with Crippen molar-refractivity contribution in [3.8, 4) is 0 Å².